The summed E-state index contributed by atoms with van der Waals surface area (Å²) < 4.78 is 0. The van der Waals surface area contributed by atoms with Crippen molar-refractivity contribution in [3.05, 3.63) is 0 Å². The number of hydrogen-bond donors (Lipinski definition) is 0. The Morgan fingerprint density at radius 1 is 0.897 bits per heavy atom. The summed E-state index contributed by atoms with van der Waals surface area (Å²) in [6, 6.07) is 0.682. The van der Waals surface area contributed by atoms with Crippen LogP contribution in [0.5, 0.6) is 0 Å². The van der Waals surface area contributed by atoms with Crippen molar-refractivity contribution >= 4 is 5.91 Å². The Morgan fingerprint density at radius 3 is 1.79 bits per heavy atom. The lowest BCUT2D eigenvalue weighted by Crippen LogP contribution is -2.64. The largest absolute Gasteiger partial charge is 0.320 e. The highest BCUT2D eigenvalue weighted by Gasteiger charge is 2.49. The molecule has 0 aromatic rings. The standard InChI is InChI=1S/C25H47N3O/c1-19(2)26-15-10-20(11-16-26)24(5,6)21-12-17-27(18-13-21)25(7,8)28-22(29)9-14-23(28,3)4/h19-21H,9-18H2,1-8H3. The number of hydrogen-bond acceptors (Lipinski definition) is 3. The van der Waals surface area contributed by atoms with Crippen molar-refractivity contribution in [3.8, 4) is 0 Å². The molecule has 4 heteroatoms. The number of likely N-dealkylation sites (tertiary alicyclic amines) is 3. The second kappa shape index (κ2) is 8.15. The van der Waals surface area contributed by atoms with E-state index in [0.717, 1.165) is 31.3 Å². The molecule has 29 heavy (non-hydrogen) atoms. The first-order chi connectivity index (χ1) is 13.4. The van der Waals surface area contributed by atoms with Gasteiger partial charge in [-0.05, 0) is 104 Å². The molecule has 3 aliphatic heterocycles. The lowest BCUT2D eigenvalue weighted by Gasteiger charge is -2.54. The molecule has 0 aromatic heterocycles. The lowest BCUT2D eigenvalue weighted by atomic mass is 9.63. The number of rotatable bonds is 5. The van der Waals surface area contributed by atoms with Gasteiger partial charge in [-0.2, -0.15) is 0 Å². The highest BCUT2D eigenvalue weighted by molar-refractivity contribution is 5.80. The van der Waals surface area contributed by atoms with Gasteiger partial charge in [0, 0.05) is 31.1 Å². The van der Waals surface area contributed by atoms with E-state index in [2.05, 4.69) is 70.1 Å². The first-order valence-corrected chi connectivity index (χ1v) is 12.2. The molecule has 0 atom stereocenters. The van der Waals surface area contributed by atoms with Crippen LogP contribution in [0.2, 0.25) is 0 Å². The van der Waals surface area contributed by atoms with Gasteiger partial charge in [-0.3, -0.25) is 9.69 Å². The zero-order chi connectivity index (χ0) is 21.6. The molecule has 0 aliphatic carbocycles. The molecule has 3 rings (SSSR count). The van der Waals surface area contributed by atoms with Gasteiger partial charge in [0.1, 0.15) is 0 Å². The normalized spacial score (nSPS) is 26.7. The number of nitrogens with zero attached hydrogens (tertiary/aromatic N) is 3. The van der Waals surface area contributed by atoms with Crippen LogP contribution >= 0.6 is 0 Å². The smallest absolute Gasteiger partial charge is 0.224 e. The molecule has 3 fully saturated rings. The summed E-state index contributed by atoms with van der Waals surface area (Å²) in [7, 11) is 0. The van der Waals surface area contributed by atoms with Crippen LogP contribution in [0, 0.1) is 17.3 Å². The van der Waals surface area contributed by atoms with Gasteiger partial charge in [0.25, 0.3) is 0 Å². The van der Waals surface area contributed by atoms with Gasteiger partial charge in [-0.15, -0.1) is 0 Å². The van der Waals surface area contributed by atoms with Crippen molar-refractivity contribution in [1.29, 1.82) is 0 Å². The van der Waals surface area contributed by atoms with E-state index < -0.39 is 0 Å². The van der Waals surface area contributed by atoms with E-state index in [0.29, 0.717) is 23.8 Å². The van der Waals surface area contributed by atoms with E-state index in [4.69, 9.17) is 0 Å². The van der Waals surface area contributed by atoms with E-state index >= 15 is 0 Å². The fourth-order valence-electron chi connectivity index (χ4n) is 6.83. The Bertz CT molecular complexity index is 579. The summed E-state index contributed by atoms with van der Waals surface area (Å²) in [4.78, 5) is 20.1. The maximum absolute atomic E-state index is 12.7. The zero-order valence-electron chi connectivity index (χ0n) is 20.6. The molecule has 3 aliphatic rings. The first kappa shape index (κ1) is 23.1. The lowest BCUT2D eigenvalue weighted by molar-refractivity contribution is -0.151. The summed E-state index contributed by atoms with van der Waals surface area (Å²) in [5.41, 5.74) is 0.206. The van der Waals surface area contributed by atoms with Crippen molar-refractivity contribution in [1.82, 2.24) is 14.7 Å². The van der Waals surface area contributed by atoms with Crippen LogP contribution in [0.25, 0.3) is 0 Å². The minimum atomic E-state index is -0.186. The maximum Gasteiger partial charge on any atom is 0.224 e. The minimum Gasteiger partial charge on any atom is -0.320 e. The first-order valence-electron chi connectivity index (χ1n) is 12.2. The highest BCUT2D eigenvalue weighted by Crippen LogP contribution is 2.47. The topological polar surface area (TPSA) is 26.8 Å². The van der Waals surface area contributed by atoms with Gasteiger partial charge >= 0.3 is 0 Å². The van der Waals surface area contributed by atoms with Crippen LogP contribution in [-0.4, -0.2) is 64.0 Å². The molecule has 0 radical (unpaired) electrons. The van der Waals surface area contributed by atoms with E-state index in [9.17, 15) is 4.79 Å². The molecule has 0 N–H and O–H groups in total. The van der Waals surface area contributed by atoms with Crippen LogP contribution in [0.3, 0.4) is 0 Å². The van der Waals surface area contributed by atoms with Gasteiger partial charge in [0.05, 0.1) is 5.66 Å². The molecule has 3 saturated heterocycles. The SMILES string of the molecule is CC(C)N1CCC(C(C)(C)C2CCN(C(C)(C)N3C(=O)CCC3(C)C)CC2)CC1. The quantitative estimate of drug-likeness (QED) is 0.645. The number of carbonyl (C=O) groups is 1. The van der Waals surface area contributed by atoms with Crippen LogP contribution in [0.4, 0.5) is 0 Å². The molecule has 0 aromatic carbocycles. The van der Waals surface area contributed by atoms with Crippen molar-refractivity contribution in [2.75, 3.05) is 26.2 Å². The van der Waals surface area contributed by atoms with Gasteiger partial charge < -0.3 is 9.80 Å². The van der Waals surface area contributed by atoms with Crippen molar-refractivity contribution in [2.24, 2.45) is 17.3 Å². The fourth-order valence-corrected chi connectivity index (χ4v) is 6.83. The third kappa shape index (κ3) is 4.39. The third-order valence-corrected chi connectivity index (χ3v) is 8.99. The number of carbonyl (C=O) groups excluding carboxylic acids is 1. The fraction of sp³-hybridized carbons (Fsp3) is 0.960. The monoisotopic (exact) mass is 405 g/mol. The molecule has 4 nitrogen and oxygen atoms in total. The predicted octanol–water partition coefficient (Wildman–Crippen LogP) is 4.98. The Morgan fingerprint density at radius 2 is 1.38 bits per heavy atom. The van der Waals surface area contributed by atoms with Crippen molar-refractivity contribution < 1.29 is 4.79 Å². The van der Waals surface area contributed by atoms with Crippen LogP contribution < -0.4 is 0 Å². The zero-order valence-corrected chi connectivity index (χ0v) is 20.6. The average molecular weight is 406 g/mol. The van der Waals surface area contributed by atoms with Crippen LogP contribution in [-0.2, 0) is 4.79 Å². The Kier molecular flexibility index (Phi) is 6.48. The summed E-state index contributed by atoms with van der Waals surface area (Å²) in [6.07, 6.45) is 6.93. The Balaban J connectivity index is 1.60. The van der Waals surface area contributed by atoms with Crippen molar-refractivity contribution in [3.63, 3.8) is 0 Å². The molecular weight excluding hydrogens is 358 g/mol. The molecule has 0 bridgehead atoms. The van der Waals surface area contributed by atoms with Gasteiger partial charge in [0.2, 0.25) is 5.91 Å². The molecule has 168 valence electrons. The van der Waals surface area contributed by atoms with Gasteiger partial charge in [-0.25, -0.2) is 0 Å². The summed E-state index contributed by atoms with van der Waals surface area (Å²) >= 11 is 0. The predicted molar refractivity (Wildman–Crippen MR) is 122 cm³/mol. The minimum absolute atomic E-state index is 0.0267. The molecule has 3 heterocycles. The maximum atomic E-state index is 12.7. The second-order valence-corrected chi connectivity index (χ2v) is 12.0. The molecule has 1 amide bonds. The molecule has 0 spiro atoms. The van der Waals surface area contributed by atoms with Gasteiger partial charge in [-0.1, -0.05) is 13.8 Å². The number of amides is 1. The van der Waals surface area contributed by atoms with E-state index in [1.807, 2.05) is 0 Å². The molecular formula is C25H47N3O. The summed E-state index contributed by atoms with van der Waals surface area (Å²) in [5, 5.41) is 0. The Labute approximate surface area is 180 Å². The summed E-state index contributed by atoms with van der Waals surface area (Å²) in [5.74, 6) is 1.98. The van der Waals surface area contributed by atoms with E-state index in [-0.39, 0.29) is 11.2 Å². The Hall–Kier alpha value is -0.610. The van der Waals surface area contributed by atoms with Crippen LogP contribution in [0.1, 0.15) is 93.9 Å². The van der Waals surface area contributed by atoms with E-state index in [1.54, 1.807) is 0 Å². The average Bonchev–Trinajstić information content (AvgIpc) is 2.95. The second-order valence-electron chi connectivity index (χ2n) is 12.0. The van der Waals surface area contributed by atoms with Gasteiger partial charge in [0.15, 0.2) is 0 Å². The molecule has 0 unspecified atom stereocenters. The third-order valence-electron chi connectivity index (χ3n) is 8.99. The number of piperidine rings is 2. The summed E-state index contributed by atoms with van der Waals surface area (Å²) in [6.45, 7) is 23.5. The van der Waals surface area contributed by atoms with Crippen LogP contribution in [0.15, 0.2) is 0 Å². The highest BCUT2D eigenvalue weighted by atomic mass is 16.2. The molecule has 0 saturated carbocycles. The van der Waals surface area contributed by atoms with E-state index in [1.165, 1.54) is 38.8 Å². The van der Waals surface area contributed by atoms with Crippen molar-refractivity contribution in [2.45, 2.75) is 111 Å².